The predicted molar refractivity (Wildman–Crippen MR) is 107 cm³/mol. The van der Waals surface area contributed by atoms with Crippen LogP contribution in [-0.2, 0) is 26.2 Å². The van der Waals surface area contributed by atoms with E-state index in [9.17, 15) is 9.59 Å². The Kier molecular flexibility index (Phi) is 9.84. The second kappa shape index (κ2) is 10.7. The van der Waals surface area contributed by atoms with Gasteiger partial charge in [0.15, 0.2) is 0 Å². The fraction of sp³-hybridized carbons (Fsp3) is 0.571. The Labute approximate surface area is 158 Å². The third-order valence-electron chi connectivity index (χ3n) is 5.09. The summed E-state index contributed by atoms with van der Waals surface area (Å²) in [4.78, 5) is 33.2. The molecule has 0 saturated carbocycles. The molecule has 1 aromatic carbocycles. The summed E-state index contributed by atoms with van der Waals surface area (Å²) in [5, 5.41) is 2.71. The van der Waals surface area contributed by atoms with Gasteiger partial charge in [0, 0.05) is 30.6 Å². The molecule has 0 bridgehead atoms. The highest BCUT2D eigenvalue weighted by molar-refractivity contribution is 5.78. The second-order valence-electron chi connectivity index (χ2n) is 6.35. The number of nitrogens with one attached hydrogen (secondary N) is 1. The molecule has 2 amide bonds. The number of hydrogen-bond acceptors (Lipinski definition) is 3. The molecule has 1 aliphatic carbocycles. The van der Waals surface area contributed by atoms with Gasteiger partial charge in [-0.15, -0.1) is 0 Å². The summed E-state index contributed by atoms with van der Waals surface area (Å²) >= 11 is 0. The molecule has 1 N–H and O–H groups in total. The van der Waals surface area contributed by atoms with Crippen molar-refractivity contribution in [3.63, 3.8) is 0 Å². The van der Waals surface area contributed by atoms with Gasteiger partial charge >= 0.3 is 0 Å². The van der Waals surface area contributed by atoms with E-state index in [-0.39, 0.29) is 18.7 Å². The first kappa shape index (κ1) is 23.8. The van der Waals surface area contributed by atoms with Gasteiger partial charge in [-0.05, 0) is 49.4 Å². The summed E-state index contributed by atoms with van der Waals surface area (Å²) < 4.78 is 0. The number of aldehydes is 1. The summed E-state index contributed by atoms with van der Waals surface area (Å²) in [7, 11) is 1.93. The molecular weight excluding hydrogens is 328 g/mol. The Hall–Kier alpha value is -2.17. The van der Waals surface area contributed by atoms with Gasteiger partial charge in [0.05, 0.1) is 0 Å². The Morgan fingerprint density at radius 3 is 2.42 bits per heavy atom. The van der Waals surface area contributed by atoms with Crippen molar-refractivity contribution in [2.24, 2.45) is 0 Å². The van der Waals surface area contributed by atoms with E-state index in [0.717, 1.165) is 31.2 Å². The van der Waals surface area contributed by atoms with Crippen LogP contribution in [0.4, 0.5) is 5.69 Å². The number of likely N-dealkylation sites (N-methyl/N-ethyl adjacent to an activating group) is 1. The molecule has 0 aromatic heterocycles. The third kappa shape index (κ3) is 4.71. The first-order valence-electron chi connectivity index (χ1n) is 8.97. The molecule has 0 radical (unpaired) electrons. The molecule has 2 atom stereocenters. The molecule has 5 heteroatoms. The van der Waals surface area contributed by atoms with E-state index in [0.29, 0.717) is 18.9 Å². The first-order chi connectivity index (χ1) is 12.0. The van der Waals surface area contributed by atoms with E-state index in [1.807, 2.05) is 31.9 Å². The summed E-state index contributed by atoms with van der Waals surface area (Å²) in [5.74, 6) is 0.259. The normalized spacial score (nSPS) is 22.7. The molecule has 1 aromatic rings. The average Bonchev–Trinajstić information content (AvgIpc) is 2.61. The van der Waals surface area contributed by atoms with E-state index < -0.39 is 0 Å². The van der Waals surface area contributed by atoms with Gasteiger partial charge in [-0.25, -0.2) is 0 Å². The van der Waals surface area contributed by atoms with Crippen LogP contribution in [0.2, 0.25) is 0 Å². The Morgan fingerprint density at radius 1 is 1.23 bits per heavy atom. The van der Waals surface area contributed by atoms with Crippen LogP contribution in [0.5, 0.6) is 0 Å². The zero-order valence-electron chi connectivity index (χ0n) is 16.0. The van der Waals surface area contributed by atoms with E-state index in [4.69, 9.17) is 4.79 Å². The van der Waals surface area contributed by atoms with Crippen LogP contribution in [-0.4, -0.2) is 36.6 Å². The number of aryl methyl sites for hydroxylation is 1. The molecular formula is C21H34N2O3. The van der Waals surface area contributed by atoms with E-state index >= 15 is 0 Å². The summed E-state index contributed by atoms with van der Waals surface area (Å²) in [6.07, 6.45) is 4.95. The van der Waals surface area contributed by atoms with E-state index in [1.54, 1.807) is 0 Å². The largest absolute Gasteiger partial charge is 0.342 e. The molecule has 146 valence electrons. The molecule has 0 spiro atoms. The van der Waals surface area contributed by atoms with Crippen LogP contribution in [0, 0.1) is 0 Å². The third-order valence-corrected chi connectivity index (χ3v) is 5.09. The van der Waals surface area contributed by atoms with Crippen molar-refractivity contribution >= 4 is 24.3 Å². The number of carbonyl (C=O) groups excluding carboxylic acids is 3. The Bertz CT molecular complexity index is 615. The lowest BCUT2D eigenvalue weighted by Crippen LogP contribution is -2.56. The van der Waals surface area contributed by atoms with Crippen LogP contribution in [0.15, 0.2) is 18.2 Å². The number of rotatable bonds is 2. The van der Waals surface area contributed by atoms with Crippen LogP contribution in [0.25, 0.3) is 0 Å². The van der Waals surface area contributed by atoms with Crippen molar-refractivity contribution in [1.29, 1.82) is 0 Å². The molecule has 1 saturated heterocycles. The van der Waals surface area contributed by atoms with Crippen molar-refractivity contribution in [2.75, 3.05) is 12.4 Å². The van der Waals surface area contributed by atoms with Crippen molar-refractivity contribution in [3.05, 3.63) is 29.3 Å². The van der Waals surface area contributed by atoms with Crippen LogP contribution < -0.4 is 5.32 Å². The van der Waals surface area contributed by atoms with Gasteiger partial charge in [0.1, 0.15) is 6.29 Å². The molecule has 5 nitrogen and oxygen atoms in total. The first-order valence-corrected chi connectivity index (χ1v) is 8.97. The highest BCUT2D eigenvalue weighted by atomic mass is 16.2. The molecule has 0 unspecified atom stereocenters. The monoisotopic (exact) mass is 362 g/mol. The topological polar surface area (TPSA) is 66.5 Å². The predicted octanol–water partition coefficient (Wildman–Crippen LogP) is 3.95. The second-order valence-corrected chi connectivity index (χ2v) is 6.35. The number of piperidine rings is 1. The fourth-order valence-corrected chi connectivity index (χ4v) is 3.94. The van der Waals surface area contributed by atoms with Crippen LogP contribution in [0.3, 0.4) is 0 Å². The van der Waals surface area contributed by atoms with Gasteiger partial charge in [-0.2, -0.15) is 0 Å². The summed E-state index contributed by atoms with van der Waals surface area (Å²) in [6, 6.07) is 6.44. The number of amides is 2. The maximum atomic E-state index is 11.9. The van der Waals surface area contributed by atoms with Crippen molar-refractivity contribution < 1.29 is 14.4 Å². The van der Waals surface area contributed by atoms with Crippen LogP contribution in [0.1, 0.15) is 65.5 Å². The minimum absolute atomic E-state index is 0. The number of benzene rings is 1. The summed E-state index contributed by atoms with van der Waals surface area (Å²) in [5.41, 5.74) is 3.53. The SMILES string of the molecule is C.CC.CC=O.CN1C(=O)CC[C@]2(C)c3ccc(NC=O)cc3CC[C@@H]12. The van der Waals surface area contributed by atoms with Gasteiger partial charge in [-0.1, -0.05) is 34.3 Å². The number of carbonyl (C=O) groups is 3. The highest BCUT2D eigenvalue weighted by Crippen LogP contribution is 2.46. The molecule has 1 aliphatic heterocycles. The lowest BCUT2D eigenvalue weighted by atomic mass is 9.63. The lowest BCUT2D eigenvalue weighted by Gasteiger charge is -2.50. The average molecular weight is 363 g/mol. The number of anilines is 1. The highest BCUT2D eigenvalue weighted by Gasteiger charge is 2.46. The van der Waals surface area contributed by atoms with Crippen molar-refractivity contribution in [3.8, 4) is 0 Å². The number of hydrogen-bond donors (Lipinski definition) is 1. The Balaban J connectivity index is 0.000000949. The molecule has 2 aliphatic rings. The molecule has 1 heterocycles. The van der Waals surface area contributed by atoms with Crippen molar-refractivity contribution in [1.82, 2.24) is 4.90 Å². The molecule has 26 heavy (non-hydrogen) atoms. The number of nitrogens with zero attached hydrogens (tertiary/aromatic N) is 1. The number of likely N-dealkylation sites (tertiary alicyclic amines) is 1. The maximum Gasteiger partial charge on any atom is 0.222 e. The zero-order valence-corrected chi connectivity index (χ0v) is 16.0. The Morgan fingerprint density at radius 2 is 1.85 bits per heavy atom. The maximum absolute atomic E-state index is 11.9. The number of fused-ring (bicyclic) bond motifs is 3. The quantitative estimate of drug-likeness (QED) is 0.810. The van der Waals surface area contributed by atoms with Gasteiger partial charge in [0.2, 0.25) is 12.3 Å². The van der Waals surface area contributed by atoms with Gasteiger partial charge in [0.25, 0.3) is 0 Å². The minimum atomic E-state index is 0. The smallest absolute Gasteiger partial charge is 0.222 e. The van der Waals surface area contributed by atoms with E-state index in [2.05, 4.69) is 24.4 Å². The van der Waals surface area contributed by atoms with Crippen LogP contribution >= 0.6 is 0 Å². The zero-order chi connectivity index (χ0) is 19.0. The molecule has 3 rings (SSSR count). The van der Waals surface area contributed by atoms with Gasteiger partial charge in [-0.3, -0.25) is 9.59 Å². The van der Waals surface area contributed by atoms with E-state index in [1.165, 1.54) is 18.1 Å². The summed E-state index contributed by atoms with van der Waals surface area (Å²) in [6.45, 7) is 7.71. The minimum Gasteiger partial charge on any atom is -0.342 e. The molecule has 1 fully saturated rings. The van der Waals surface area contributed by atoms with Crippen molar-refractivity contribution in [2.45, 2.75) is 72.3 Å². The van der Waals surface area contributed by atoms with Gasteiger partial charge < -0.3 is 15.0 Å². The standard InChI is InChI=1S/C16H20N2O2.C2H4O.C2H6.CH4/c1-16-8-7-15(20)18(2)14(16)6-3-11-9-12(17-10-19)4-5-13(11)16;1-2-3;1-2;/h4-5,9-10,14H,3,6-8H2,1-2H3,(H,17,19);2H,1H3;1-2H3;1H4/t14-,16-;;;/m1.../s1. The fourth-order valence-electron chi connectivity index (χ4n) is 3.94. The lowest BCUT2D eigenvalue weighted by molar-refractivity contribution is -0.138.